The first-order valence-corrected chi connectivity index (χ1v) is 14.8. The molecule has 0 radical (unpaired) electrons. The first-order chi connectivity index (χ1) is 20.5. The monoisotopic (exact) mass is 588 g/mol. The third-order valence-corrected chi connectivity index (χ3v) is 8.22. The molecular formula is C31H40N8O4. The van der Waals surface area contributed by atoms with Gasteiger partial charge in [0, 0.05) is 25.7 Å². The van der Waals surface area contributed by atoms with Crippen LogP contribution in [0.3, 0.4) is 0 Å². The number of aromatic nitrogens is 4. The second-order valence-corrected chi connectivity index (χ2v) is 12.4. The van der Waals surface area contributed by atoms with E-state index in [0.717, 1.165) is 30.5 Å². The van der Waals surface area contributed by atoms with Gasteiger partial charge in [-0.3, -0.25) is 4.79 Å². The summed E-state index contributed by atoms with van der Waals surface area (Å²) in [4.78, 5) is 42.2. The fourth-order valence-corrected chi connectivity index (χ4v) is 5.68. The SMILES string of the molecule is Cc1cccc(-n2ncc3c(N4CCN(C(=O)OC(C)(C)C)C(CC#N)C4)nc(OC[C@@H]4CCCN4C)nc3c2=O)c1C. The van der Waals surface area contributed by atoms with Crippen molar-refractivity contribution in [1.29, 1.82) is 5.26 Å². The molecule has 2 saturated heterocycles. The molecule has 2 aliphatic rings. The third kappa shape index (κ3) is 6.41. The minimum Gasteiger partial charge on any atom is -0.462 e. The molecule has 3 aromatic rings. The van der Waals surface area contributed by atoms with Gasteiger partial charge in [-0.05, 0) is 78.2 Å². The highest BCUT2D eigenvalue weighted by Gasteiger charge is 2.35. The number of amides is 1. The molecule has 228 valence electrons. The van der Waals surface area contributed by atoms with Crippen molar-refractivity contribution in [2.24, 2.45) is 0 Å². The van der Waals surface area contributed by atoms with Crippen LogP contribution < -0.4 is 15.2 Å². The van der Waals surface area contributed by atoms with Crippen molar-refractivity contribution in [2.45, 2.75) is 71.6 Å². The molecule has 12 nitrogen and oxygen atoms in total. The number of carbonyl (C=O) groups excluding carboxylic acids is 1. The van der Waals surface area contributed by atoms with Gasteiger partial charge in [-0.1, -0.05) is 12.1 Å². The Morgan fingerprint density at radius 2 is 1.93 bits per heavy atom. The third-order valence-electron chi connectivity index (χ3n) is 8.22. The number of carbonyl (C=O) groups is 1. The molecule has 0 spiro atoms. The van der Waals surface area contributed by atoms with Crippen LogP contribution in [0.15, 0.2) is 29.2 Å². The number of likely N-dealkylation sites (tertiary alicyclic amines) is 1. The molecule has 2 atom stereocenters. The number of nitrogens with zero attached hydrogens (tertiary/aromatic N) is 8. The summed E-state index contributed by atoms with van der Waals surface area (Å²) >= 11 is 0. The summed E-state index contributed by atoms with van der Waals surface area (Å²) in [6, 6.07) is 7.88. The Morgan fingerprint density at radius 1 is 1.14 bits per heavy atom. The van der Waals surface area contributed by atoms with Crippen LogP contribution in [0.2, 0.25) is 0 Å². The van der Waals surface area contributed by atoms with Crippen LogP contribution in [-0.2, 0) is 4.74 Å². The maximum Gasteiger partial charge on any atom is 0.410 e. The number of piperazine rings is 1. The van der Waals surface area contributed by atoms with Gasteiger partial charge in [-0.25, -0.2) is 4.79 Å². The molecular weight excluding hydrogens is 548 g/mol. The minimum atomic E-state index is -0.658. The van der Waals surface area contributed by atoms with E-state index in [2.05, 4.69) is 28.1 Å². The van der Waals surface area contributed by atoms with E-state index in [9.17, 15) is 14.9 Å². The number of likely N-dealkylation sites (N-methyl/N-ethyl adjacent to an activating group) is 1. The van der Waals surface area contributed by atoms with Crippen LogP contribution in [0.4, 0.5) is 10.6 Å². The molecule has 0 aliphatic carbocycles. The molecule has 1 aromatic carbocycles. The van der Waals surface area contributed by atoms with E-state index in [4.69, 9.17) is 14.5 Å². The summed E-state index contributed by atoms with van der Waals surface area (Å²) < 4.78 is 13.1. The zero-order valence-corrected chi connectivity index (χ0v) is 25.8. The van der Waals surface area contributed by atoms with Crippen LogP contribution in [0.5, 0.6) is 6.01 Å². The van der Waals surface area contributed by atoms with Gasteiger partial charge in [0.05, 0.1) is 35.8 Å². The second-order valence-electron chi connectivity index (χ2n) is 12.4. The average Bonchev–Trinajstić information content (AvgIpc) is 3.37. The summed E-state index contributed by atoms with van der Waals surface area (Å²) in [5.74, 6) is 0.490. The lowest BCUT2D eigenvalue weighted by Crippen LogP contribution is -2.56. The number of hydrogen-bond donors (Lipinski definition) is 0. The second kappa shape index (κ2) is 12.2. The minimum absolute atomic E-state index is 0.116. The zero-order valence-electron chi connectivity index (χ0n) is 25.8. The Kier molecular flexibility index (Phi) is 8.55. The van der Waals surface area contributed by atoms with Crippen molar-refractivity contribution < 1.29 is 14.3 Å². The van der Waals surface area contributed by atoms with Crippen LogP contribution in [0.25, 0.3) is 16.6 Å². The van der Waals surface area contributed by atoms with Crippen molar-refractivity contribution in [3.8, 4) is 17.8 Å². The standard InChI is InChI=1S/C31H40N8O4/c1-20-9-7-11-25(21(20)2)39-28(40)26-24(17-33-39)27(35-29(34-26)42-19-23-10-8-14-36(23)6)37-15-16-38(22(18-37)12-13-32)30(41)43-31(3,4)5/h7,9,11,17,22-23H,8,10,12,14-16,18-19H2,1-6H3/t22?,23-/m0/s1. The Morgan fingerprint density at radius 3 is 2.63 bits per heavy atom. The molecule has 2 fully saturated rings. The number of benzene rings is 1. The first-order valence-electron chi connectivity index (χ1n) is 14.8. The number of aryl methyl sites for hydroxylation is 1. The van der Waals surface area contributed by atoms with E-state index < -0.39 is 17.7 Å². The van der Waals surface area contributed by atoms with Gasteiger partial charge in [-0.2, -0.15) is 25.0 Å². The summed E-state index contributed by atoms with van der Waals surface area (Å²) in [5.41, 5.74) is 1.84. The molecule has 43 heavy (non-hydrogen) atoms. The Hall–Kier alpha value is -4.24. The Labute approximate surface area is 251 Å². The van der Waals surface area contributed by atoms with Crippen LogP contribution >= 0.6 is 0 Å². The molecule has 0 N–H and O–H groups in total. The van der Waals surface area contributed by atoms with Crippen molar-refractivity contribution in [2.75, 3.05) is 44.7 Å². The van der Waals surface area contributed by atoms with E-state index in [1.165, 1.54) is 4.68 Å². The van der Waals surface area contributed by atoms with Gasteiger partial charge in [0.15, 0.2) is 0 Å². The lowest BCUT2D eigenvalue weighted by molar-refractivity contribution is 0.0145. The number of nitriles is 1. The van der Waals surface area contributed by atoms with Gasteiger partial charge in [0.1, 0.15) is 23.5 Å². The van der Waals surface area contributed by atoms with Crippen LogP contribution in [-0.4, -0.2) is 93.2 Å². The predicted molar refractivity (Wildman–Crippen MR) is 163 cm³/mol. The smallest absolute Gasteiger partial charge is 0.410 e. The molecule has 2 aliphatic heterocycles. The number of rotatable bonds is 6. The van der Waals surface area contributed by atoms with E-state index in [1.807, 2.05) is 57.7 Å². The Bertz CT molecular complexity index is 1610. The highest BCUT2D eigenvalue weighted by Crippen LogP contribution is 2.29. The maximum absolute atomic E-state index is 13.9. The highest BCUT2D eigenvalue weighted by atomic mass is 16.6. The largest absolute Gasteiger partial charge is 0.462 e. The molecule has 12 heteroatoms. The number of anilines is 1. The predicted octanol–water partition coefficient (Wildman–Crippen LogP) is 3.60. The summed E-state index contributed by atoms with van der Waals surface area (Å²) in [7, 11) is 2.07. The maximum atomic E-state index is 13.9. The van der Waals surface area contributed by atoms with Crippen molar-refractivity contribution in [3.63, 3.8) is 0 Å². The van der Waals surface area contributed by atoms with Gasteiger partial charge in [0.2, 0.25) is 0 Å². The van der Waals surface area contributed by atoms with E-state index in [0.29, 0.717) is 43.1 Å². The van der Waals surface area contributed by atoms with Crippen molar-refractivity contribution in [1.82, 2.24) is 29.5 Å². The quantitative estimate of drug-likeness (QED) is 0.421. The molecule has 1 amide bonds. The molecule has 4 heterocycles. The first kappa shape index (κ1) is 30.2. The highest BCUT2D eigenvalue weighted by molar-refractivity contribution is 5.89. The topological polar surface area (TPSA) is 130 Å². The number of hydrogen-bond acceptors (Lipinski definition) is 10. The fourth-order valence-electron chi connectivity index (χ4n) is 5.68. The van der Waals surface area contributed by atoms with E-state index in [-0.39, 0.29) is 29.5 Å². The van der Waals surface area contributed by atoms with E-state index >= 15 is 0 Å². The zero-order chi connectivity index (χ0) is 30.9. The molecule has 1 unspecified atom stereocenters. The Balaban J connectivity index is 1.55. The van der Waals surface area contributed by atoms with E-state index in [1.54, 1.807) is 11.1 Å². The van der Waals surface area contributed by atoms with Gasteiger partial charge >= 0.3 is 12.1 Å². The van der Waals surface area contributed by atoms with Crippen LogP contribution in [0.1, 0.15) is 51.2 Å². The lowest BCUT2D eigenvalue weighted by Gasteiger charge is -2.41. The van der Waals surface area contributed by atoms with Gasteiger partial charge < -0.3 is 24.2 Å². The lowest BCUT2D eigenvalue weighted by atomic mass is 10.1. The summed E-state index contributed by atoms with van der Waals surface area (Å²) in [6.07, 6.45) is 3.39. The summed E-state index contributed by atoms with van der Waals surface area (Å²) in [6.45, 7) is 11.9. The van der Waals surface area contributed by atoms with Crippen molar-refractivity contribution in [3.05, 3.63) is 45.9 Å². The number of ether oxygens (including phenoxy) is 2. The molecule has 2 aromatic heterocycles. The van der Waals surface area contributed by atoms with Crippen molar-refractivity contribution >= 4 is 22.8 Å². The van der Waals surface area contributed by atoms with Gasteiger partial charge in [0.25, 0.3) is 5.56 Å². The molecule has 5 rings (SSSR count). The van der Waals surface area contributed by atoms with Crippen LogP contribution in [0, 0.1) is 25.2 Å². The number of fused-ring (bicyclic) bond motifs is 1. The molecule has 0 bridgehead atoms. The normalized spacial score (nSPS) is 19.5. The summed E-state index contributed by atoms with van der Waals surface area (Å²) in [5, 5.41) is 14.6. The average molecular weight is 589 g/mol. The van der Waals surface area contributed by atoms with Gasteiger partial charge in [-0.15, -0.1) is 0 Å². The molecule has 0 saturated carbocycles. The fraction of sp³-hybridized carbons (Fsp3) is 0.548.